The minimum absolute atomic E-state index is 0.230. The predicted octanol–water partition coefficient (Wildman–Crippen LogP) is 3.70. The molecule has 0 spiro atoms. The van der Waals surface area contributed by atoms with Crippen molar-refractivity contribution in [2.45, 2.75) is 19.3 Å². The molecule has 20 heavy (non-hydrogen) atoms. The van der Waals surface area contributed by atoms with Gasteiger partial charge < -0.3 is 0 Å². The van der Waals surface area contributed by atoms with Crippen molar-refractivity contribution in [1.82, 2.24) is 0 Å². The van der Waals surface area contributed by atoms with Crippen LogP contribution in [0.4, 0.5) is 0 Å². The highest BCUT2D eigenvalue weighted by atomic mass is 17.2. The second-order valence-electron chi connectivity index (χ2n) is 4.56. The van der Waals surface area contributed by atoms with E-state index in [0.717, 1.165) is 6.42 Å². The summed E-state index contributed by atoms with van der Waals surface area (Å²) in [6.45, 7) is 1.69. The van der Waals surface area contributed by atoms with Crippen molar-refractivity contribution in [3.05, 3.63) is 71.8 Å². The summed E-state index contributed by atoms with van der Waals surface area (Å²) < 4.78 is 0. The van der Waals surface area contributed by atoms with Crippen molar-refractivity contribution in [1.29, 1.82) is 0 Å². The van der Waals surface area contributed by atoms with Crippen molar-refractivity contribution in [2.24, 2.45) is 0 Å². The molecule has 0 atom stereocenters. The topological polar surface area (TPSA) is 35.5 Å². The summed E-state index contributed by atoms with van der Waals surface area (Å²) >= 11 is 0. The number of hydrogen-bond donors (Lipinski definition) is 0. The maximum Gasteiger partial charge on any atom is 0.339 e. The molecule has 0 unspecified atom stereocenters. The molecule has 0 saturated carbocycles. The molecule has 0 aromatic heterocycles. The van der Waals surface area contributed by atoms with Gasteiger partial charge >= 0.3 is 5.97 Å². The Morgan fingerprint density at radius 2 is 1.45 bits per heavy atom. The van der Waals surface area contributed by atoms with Gasteiger partial charge in [-0.2, -0.15) is 4.89 Å². The van der Waals surface area contributed by atoms with Crippen LogP contribution in [0, 0.1) is 0 Å². The fourth-order valence-electron chi connectivity index (χ4n) is 2.19. The van der Waals surface area contributed by atoms with Gasteiger partial charge in [-0.3, -0.25) is 4.89 Å². The Balaban J connectivity index is 2.07. The van der Waals surface area contributed by atoms with Gasteiger partial charge in [0.1, 0.15) is 0 Å². The van der Waals surface area contributed by atoms with Crippen LogP contribution in [-0.4, -0.2) is 12.6 Å². The maximum absolute atomic E-state index is 10.7. The first-order chi connectivity index (χ1) is 9.77. The van der Waals surface area contributed by atoms with Gasteiger partial charge in [-0.15, -0.1) is 0 Å². The van der Waals surface area contributed by atoms with E-state index < -0.39 is 5.97 Å². The highest BCUT2D eigenvalue weighted by Crippen LogP contribution is 2.27. The quantitative estimate of drug-likeness (QED) is 0.456. The van der Waals surface area contributed by atoms with Crippen LogP contribution in [-0.2, 0) is 14.6 Å². The van der Waals surface area contributed by atoms with Crippen LogP contribution in [0.1, 0.15) is 30.4 Å². The third-order valence-corrected chi connectivity index (χ3v) is 3.07. The summed E-state index contributed by atoms with van der Waals surface area (Å²) in [6, 6.07) is 20.5. The van der Waals surface area contributed by atoms with E-state index in [4.69, 9.17) is 4.89 Å². The molecule has 0 fully saturated rings. The van der Waals surface area contributed by atoms with E-state index in [9.17, 15) is 4.79 Å². The van der Waals surface area contributed by atoms with Gasteiger partial charge in [0.05, 0.1) is 6.61 Å². The van der Waals surface area contributed by atoms with Gasteiger partial charge in [0, 0.05) is 12.8 Å². The number of carbonyl (C=O) groups excluding carboxylic acids is 1. The van der Waals surface area contributed by atoms with E-state index >= 15 is 0 Å². The van der Waals surface area contributed by atoms with Crippen LogP contribution in [0.5, 0.6) is 0 Å². The Morgan fingerprint density at radius 3 is 1.90 bits per heavy atom. The molecule has 0 aliphatic heterocycles. The van der Waals surface area contributed by atoms with E-state index in [2.05, 4.69) is 29.2 Å². The van der Waals surface area contributed by atoms with Crippen LogP contribution in [0.3, 0.4) is 0 Å². The lowest BCUT2D eigenvalue weighted by atomic mass is 9.89. The van der Waals surface area contributed by atoms with Crippen LogP contribution >= 0.6 is 0 Å². The van der Waals surface area contributed by atoms with E-state index in [-0.39, 0.29) is 5.92 Å². The monoisotopic (exact) mass is 270 g/mol. The molecule has 0 amide bonds. The van der Waals surface area contributed by atoms with E-state index in [1.165, 1.54) is 18.1 Å². The first-order valence-electron chi connectivity index (χ1n) is 6.67. The van der Waals surface area contributed by atoms with Crippen molar-refractivity contribution < 1.29 is 14.6 Å². The summed E-state index contributed by atoms with van der Waals surface area (Å²) in [6.07, 6.45) is 0.751. The van der Waals surface area contributed by atoms with E-state index in [0.29, 0.717) is 6.61 Å². The van der Waals surface area contributed by atoms with Crippen LogP contribution in [0.2, 0.25) is 0 Å². The molecule has 0 N–H and O–H groups in total. The highest BCUT2D eigenvalue weighted by molar-refractivity contribution is 5.65. The van der Waals surface area contributed by atoms with Crippen molar-refractivity contribution >= 4 is 5.97 Å². The summed E-state index contributed by atoms with van der Waals surface area (Å²) in [7, 11) is 0. The number of hydrogen-bond acceptors (Lipinski definition) is 3. The summed E-state index contributed by atoms with van der Waals surface area (Å²) in [4.78, 5) is 20.1. The first kappa shape index (κ1) is 14.3. The van der Waals surface area contributed by atoms with E-state index in [1.807, 2.05) is 36.4 Å². The largest absolute Gasteiger partial charge is 0.339 e. The highest BCUT2D eigenvalue weighted by Gasteiger charge is 2.14. The van der Waals surface area contributed by atoms with Gasteiger partial charge in [0.25, 0.3) is 0 Å². The van der Waals surface area contributed by atoms with Crippen molar-refractivity contribution in [3.8, 4) is 0 Å². The lowest BCUT2D eigenvalue weighted by molar-refractivity contribution is -0.270. The Bertz CT molecular complexity index is 483. The molecule has 2 aromatic rings. The molecular weight excluding hydrogens is 252 g/mol. The average Bonchev–Trinajstić information content (AvgIpc) is 2.49. The normalized spacial score (nSPS) is 10.5. The molecule has 3 heteroatoms. The number of benzene rings is 2. The van der Waals surface area contributed by atoms with Crippen molar-refractivity contribution in [2.75, 3.05) is 6.61 Å². The Hall–Kier alpha value is -2.13. The minimum Gasteiger partial charge on any atom is -0.299 e. The standard InChI is InChI=1S/C17H18O3/c1-14(18)20-19-13-12-17(15-8-4-2-5-9-15)16-10-6-3-7-11-16/h2-11,17H,12-13H2,1H3. The summed E-state index contributed by atoms with van der Waals surface area (Å²) in [5, 5.41) is 0. The third kappa shape index (κ3) is 4.21. The Kier molecular flexibility index (Phi) is 5.33. The Labute approximate surface area is 119 Å². The zero-order valence-corrected chi connectivity index (χ0v) is 11.5. The molecule has 2 rings (SSSR count). The Morgan fingerprint density at radius 1 is 0.950 bits per heavy atom. The molecular formula is C17H18O3. The van der Waals surface area contributed by atoms with Gasteiger partial charge in [-0.05, 0) is 17.5 Å². The van der Waals surface area contributed by atoms with Crippen molar-refractivity contribution in [3.63, 3.8) is 0 Å². The maximum atomic E-state index is 10.7. The molecule has 0 bridgehead atoms. The lowest BCUT2D eigenvalue weighted by Gasteiger charge is -2.17. The molecule has 0 radical (unpaired) electrons. The van der Waals surface area contributed by atoms with Gasteiger partial charge in [0.2, 0.25) is 0 Å². The SMILES string of the molecule is CC(=O)OOCCC(c1ccccc1)c1ccccc1. The van der Waals surface area contributed by atoms with Gasteiger partial charge in [-0.1, -0.05) is 60.7 Å². The summed E-state index contributed by atoms with van der Waals surface area (Å²) in [5.74, 6) is -0.200. The summed E-state index contributed by atoms with van der Waals surface area (Å²) in [5.41, 5.74) is 2.45. The molecule has 104 valence electrons. The third-order valence-electron chi connectivity index (χ3n) is 3.07. The lowest BCUT2D eigenvalue weighted by Crippen LogP contribution is -2.08. The molecule has 0 aliphatic rings. The van der Waals surface area contributed by atoms with Crippen LogP contribution < -0.4 is 0 Å². The minimum atomic E-state index is -0.430. The zero-order valence-electron chi connectivity index (χ0n) is 11.5. The molecule has 0 heterocycles. The second-order valence-corrected chi connectivity index (χ2v) is 4.56. The van der Waals surface area contributed by atoms with Gasteiger partial charge in [0.15, 0.2) is 0 Å². The predicted molar refractivity (Wildman–Crippen MR) is 77.1 cm³/mol. The number of rotatable bonds is 6. The fourth-order valence-corrected chi connectivity index (χ4v) is 2.19. The molecule has 3 nitrogen and oxygen atoms in total. The molecule has 0 saturated heterocycles. The van der Waals surface area contributed by atoms with Crippen LogP contribution in [0.25, 0.3) is 0 Å². The van der Waals surface area contributed by atoms with Gasteiger partial charge in [-0.25, -0.2) is 4.79 Å². The number of carbonyl (C=O) groups is 1. The fraction of sp³-hybridized carbons (Fsp3) is 0.235. The van der Waals surface area contributed by atoms with Crippen LogP contribution in [0.15, 0.2) is 60.7 Å². The smallest absolute Gasteiger partial charge is 0.299 e. The van der Waals surface area contributed by atoms with E-state index in [1.54, 1.807) is 0 Å². The zero-order chi connectivity index (χ0) is 14.2. The average molecular weight is 270 g/mol. The molecule has 2 aromatic carbocycles. The second kappa shape index (κ2) is 7.46. The first-order valence-corrected chi connectivity index (χ1v) is 6.67. The molecule has 0 aliphatic carbocycles.